The van der Waals surface area contributed by atoms with Crippen LogP contribution in [0.2, 0.25) is 0 Å². The van der Waals surface area contributed by atoms with Crippen molar-refractivity contribution in [3.63, 3.8) is 0 Å². The predicted octanol–water partition coefficient (Wildman–Crippen LogP) is 2.88. The first-order valence-corrected chi connectivity index (χ1v) is 5.94. The highest BCUT2D eigenvalue weighted by Crippen LogP contribution is 2.23. The molecule has 96 valence electrons. The number of nitrogens with one attached hydrogen (secondary N) is 1. The lowest BCUT2D eigenvalue weighted by Gasteiger charge is -2.26. The van der Waals surface area contributed by atoms with Gasteiger partial charge in [0.1, 0.15) is 6.61 Å². The van der Waals surface area contributed by atoms with Gasteiger partial charge in [-0.05, 0) is 19.4 Å². The quantitative estimate of drug-likeness (QED) is 0.762. The molecule has 16 heavy (non-hydrogen) atoms. The molecule has 0 aromatic carbocycles. The van der Waals surface area contributed by atoms with Crippen molar-refractivity contribution in [1.29, 1.82) is 0 Å². The zero-order valence-electron chi connectivity index (χ0n) is 9.65. The van der Waals surface area contributed by atoms with Crippen LogP contribution < -0.4 is 5.32 Å². The molecule has 0 bridgehead atoms. The van der Waals surface area contributed by atoms with E-state index in [1.165, 1.54) is 0 Å². The third-order valence-electron chi connectivity index (χ3n) is 2.88. The monoisotopic (exact) mass is 239 g/mol. The van der Waals surface area contributed by atoms with E-state index in [1.807, 2.05) is 6.92 Å². The van der Waals surface area contributed by atoms with Crippen LogP contribution in [0, 0.1) is 0 Å². The third kappa shape index (κ3) is 5.16. The van der Waals surface area contributed by atoms with Crippen LogP contribution in [0.25, 0.3) is 0 Å². The van der Waals surface area contributed by atoms with E-state index in [0.29, 0.717) is 0 Å². The highest BCUT2D eigenvalue weighted by Gasteiger charge is 2.32. The number of hydrogen-bond acceptors (Lipinski definition) is 2. The average Bonchev–Trinajstić information content (AvgIpc) is 2.40. The Labute approximate surface area is 94.5 Å². The van der Waals surface area contributed by atoms with Crippen LogP contribution in [0.15, 0.2) is 0 Å². The molecule has 0 aromatic heterocycles. The Kier molecular flexibility index (Phi) is 5.55. The minimum Gasteiger partial charge on any atom is -0.367 e. The molecule has 2 nitrogen and oxygen atoms in total. The summed E-state index contributed by atoms with van der Waals surface area (Å²) in [5.41, 5.74) is 0. The fourth-order valence-electron chi connectivity index (χ4n) is 2.17. The van der Waals surface area contributed by atoms with Gasteiger partial charge in [0.05, 0.1) is 6.10 Å². The van der Waals surface area contributed by atoms with Gasteiger partial charge < -0.3 is 10.1 Å². The molecule has 0 heterocycles. The summed E-state index contributed by atoms with van der Waals surface area (Å²) in [6.45, 7) is 1.61. The van der Waals surface area contributed by atoms with E-state index in [4.69, 9.17) is 4.74 Å². The van der Waals surface area contributed by atoms with Crippen LogP contribution in [-0.2, 0) is 4.74 Å². The molecule has 5 heteroatoms. The summed E-state index contributed by atoms with van der Waals surface area (Å²) in [7, 11) is 0. The molecule has 0 aromatic rings. The summed E-state index contributed by atoms with van der Waals surface area (Å²) in [5.74, 6) is 0. The van der Waals surface area contributed by atoms with Gasteiger partial charge >= 0.3 is 6.18 Å². The van der Waals surface area contributed by atoms with Crippen molar-refractivity contribution >= 4 is 0 Å². The van der Waals surface area contributed by atoms with E-state index < -0.39 is 12.8 Å². The summed E-state index contributed by atoms with van der Waals surface area (Å²) < 4.78 is 41.2. The van der Waals surface area contributed by atoms with Gasteiger partial charge in [-0.3, -0.25) is 0 Å². The fourth-order valence-corrected chi connectivity index (χ4v) is 2.17. The summed E-state index contributed by atoms with van der Waals surface area (Å²) in [6.07, 6.45) is 0.263. The Bertz CT molecular complexity index is 196. The zero-order chi connectivity index (χ0) is 12.0. The van der Waals surface area contributed by atoms with Crippen LogP contribution in [0.5, 0.6) is 0 Å². The smallest absolute Gasteiger partial charge is 0.367 e. The number of alkyl halides is 3. The first-order chi connectivity index (χ1) is 7.53. The standard InChI is InChI=1S/C11H20F3NO/c1-2-15-9-6-4-3-5-7-10(9)16-8-11(12,13)14/h9-10,15H,2-8H2,1H3. The number of rotatable bonds is 4. The lowest BCUT2D eigenvalue weighted by molar-refractivity contribution is -0.188. The van der Waals surface area contributed by atoms with Crippen molar-refractivity contribution in [3.05, 3.63) is 0 Å². The first kappa shape index (κ1) is 13.8. The van der Waals surface area contributed by atoms with Gasteiger partial charge in [0.25, 0.3) is 0 Å². The van der Waals surface area contributed by atoms with Crippen LogP contribution in [-0.4, -0.2) is 31.5 Å². The van der Waals surface area contributed by atoms with Gasteiger partial charge in [-0.25, -0.2) is 0 Å². The molecule has 0 radical (unpaired) electrons. The fraction of sp³-hybridized carbons (Fsp3) is 1.00. The maximum atomic E-state index is 12.1. The molecule has 1 aliphatic rings. The van der Waals surface area contributed by atoms with Crippen molar-refractivity contribution in [2.45, 2.75) is 57.3 Å². The second-order valence-corrected chi connectivity index (χ2v) is 4.27. The maximum Gasteiger partial charge on any atom is 0.411 e. The minimum absolute atomic E-state index is 0.0786. The molecule has 1 aliphatic carbocycles. The zero-order valence-corrected chi connectivity index (χ0v) is 9.65. The predicted molar refractivity (Wildman–Crippen MR) is 56.3 cm³/mol. The molecular weight excluding hydrogens is 219 g/mol. The number of ether oxygens (including phenoxy) is 1. The molecule has 1 N–H and O–H groups in total. The first-order valence-electron chi connectivity index (χ1n) is 5.94. The van der Waals surface area contributed by atoms with E-state index >= 15 is 0 Å². The minimum atomic E-state index is -4.22. The molecule has 0 aliphatic heterocycles. The molecule has 1 rings (SSSR count). The molecule has 1 fully saturated rings. The molecular formula is C11H20F3NO. The second-order valence-electron chi connectivity index (χ2n) is 4.27. The lowest BCUT2D eigenvalue weighted by Crippen LogP contribution is -2.42. The van der Waals surface area contributed by atoms with Crippen LogP contribution in [0.3, 0.4) is 0 Å². The van der Waals surface area contributed by atoms with Crippen molar-refractivity contribution < 1.29 is 17.9 Å². The SMILES string of the molecule is CCNC1CCCCCC1OCC(F)(F)F. The molecule has 2 atom stereocenters. The van der Waals surface area contributed by atoms with E-state index in [2.05, 4.69) is 5.32 Å². The Morgan fingerprint density at radius 2 is 1.88 bits per heavy atom. The van der Waals surface area contributed by atoms with E-state index in [1.54, 1.807) is 0 Å². The highest BCUT2D eigenvalue weighted by molar-refractivity contribution is 4.80. The Morgan fingerprint density at radius 3 is 2.50 bits per heavy atom. The Hall–Kier alpha value is -0.290. The lowest BCUT2D eigenvalue weighted by atomic mass is 10.1. The highest BCUT2D eigenvalue weighted by atomic mass is 19.4. The summed E-state index contributed by atoms with van der Waals surface area (Å²) in [6, 6.07) is 0.0786. The van der Waals surface area contributed by atoms with Gasteiger partial charge in [-0.1, -0.05) is 26.2 Å². The van der Waals surface area contributed by atoms with Crippen molar-refractivity contribution in [2.24, 2.45) is 0 Å². The topological polar surface area (TPSA) is 21.3 Å². The van der Waals surface area contributed by atoms with Gasteiger partial charge in [0.15, 0.2) is 0 Å². The van der Waals surface area contributed by atoms with Crippen molar-refractivity contribution in [3.8, 4) is 0 Å². The second kappa shape index (κ2) is 6.45. The van der Waals surface area contributed by atoms with E-state index in [0.717, 1.165) is 38.6 Å². The summed E-state index contributed by atoms with van der Waals surface area (Å²) >= 11 is 0. The average molecular weight is 239 g/mol. The molecule has 0 spiro atoms. The molecule has 0 amide bonds. The van der Waals surface area contributed by atoms with Crippen molar-refractivity contribution in [1.82, 2.24) is 5.32 Å². The normalized spacial score (nSPS) is 27.8. The van der Waals surface area contributed by atoms with Crippen molar-refractivity contribution in [2.75, 3.05) is 13.2 Å². The maximum absolute atomic E-state index is 12.1. The molecule has 0 saturated heterocycles. The van der Waals surface area contributed by atoms with Crippen LogP contribution in [0.1, 0.15) is 39.0 Å². The van der Waals surface area contributed by atoms with Gasteiger partial charge in [-0.15, -0.1) is 0 Å². The molecule has 1 saturated carbocycles. The van der Waals surface area contributed by atoms with Gasteiger partial charge in [-0.2, -0.15) is 13.2 Å². The van der Waals surface area contributed by atoms with Gasteiger partial charge in [0, 0.05) is 6.04 Å². The summed E-state index contributed by atoms with van der Waals surface area (Å²) in [5, 5.41) is 3.22. The van der Waals surface area contributed by atoms with E-state index in [-0.39, 0.29) is 12.1 Å². The Morgan fingerprint density at radius 1 is 1.19 bits per heavy atom. The number of likely N-dealkylation sites (N-methyl/N-ethyl adjacent to an activating group) is 1. The Balaban J connectivity index is 2.44. The number of halogens is 3. The van der Waals surface area contributed by atoms with Crippen LogP contribution >= 0.6 is 0 Å². The molecule has 2 unspecified atom stereocenters. The van der Waals surface area contributed by atoms with Crippen LogP contribution in [0.4, 0.5) is 13.2 Å². The van der Waals surface area contributed by atoms with E-state index in [9.17, 15) is 13.2 Å². The largest absolute Gasteiger partial charge is 0.411 e. The van der Waals surface area contributed by atoms with Gasteiger partial charge in [0.2, 0.25) is 0 Å². The third-order valence-corrected chi connectivity index (χ3v) is 2.88. The summed E-state index contributed by atoms with van der Waals surface area (Å²) in [4.78, 5) is 0. The number of hydrogen-bond donors (Lipinski definition) is 1.